The molecule has 1 heterocycles. The molecule has 1 aliphatic heterocycles. The van der Waals surface area contributed by atoms with E-state index in [-0.39, 0.29) is 18.4 Å². The molecule has 31 heavy (non-hydrogen) atoms. The first-order chi connectivity index (χ1) is 15.0. The van der Waals surface area contributed by atoms with E-state index >= 15 is 0 Å². The number of benzene rings is 3. The normalized spacial score (nSPS) is 12.3. The first kappa shape index (κ1) is 20.5. The van der Waals surface area contributed by atoms with Gasteiger partial charge in [0, 0.05) is 17.9 Å². The van der Waals surface area contributed by atoms with Gasteiger partial charge in [-0.25, -0.2) is 4.79 Å². The third-order valence-electron chi connectivity index (χ3n) is 5.45. The number of anilines is 3. The molecule has 3 amide bonds. The van der Waals surface area contributed by atoms with Crippen LogP contribution in [0.4, 0.5) is 21.9 Å². The van der Waals surface area contributed by atoms with Crippen LogP contribution in [0.5, 0.6) is 5.75 Å². The fourth-order valence-electron chi connectivity index (χ4n) is 3.81. The van der Waals surface area contributed by atoms with E-state index in [9.17, 15) is 9.59 Å². The second-order valence-electron chi connectivity index (χ2n) is 7.53. The number of carbonyl (C=O) groups is 2. The van der Waals surface area contributed by atoms with Crippen LogP contribution in [0.2, 0.25) is 0 Å². The Balaban J connectivity index is 1.44. The number of rotatable bonds is 5. The van der Waals surface area contributed by atoms with Crippen LogP contribution in [-0.4, -0.2) is 25.6 Å². The Morgan fingerprint density at radius 2 is 1.71 bits per heavy atom. The van der Waals surface area contributed by atoms with E-state index < -0.39 is 0 Å². The molecule has 0 atom stereocenters. The lowest BCUT2D eigenvalue weighted by Crippen LogP contribution is -2.30. The van der Waals surface area contributed by atoms with Gasteiger partial charge in [-0.3, -0.25) is 4.79 Å². The molecule has 0 saturated carbocycles. The number of aryl methyl sites for hydroxylation is 1. The Hall–Kier alpha value is -3.80. The van der Waals surface area contributed by atoms with Crippen molar-refractivity contribution < 1.29 is 14.3 Å². The van der Waals surface area contributed by atoms with Crippen molar-refractivity contribution in [1.82, 2.24) is 0 Å². The van der Waals surface area contributed by atoms with Gasteiger partial charge in [0.1, 0.15) is 5.75 Å². The van der Waals surface area contributed by atoms with Gasteiger partial charge in [0.05, 0.1) is 19.2 Å². The van der Waals surface area contributed by atoms with Crippen molar-refractivity contribution in [2.45, 2.75) is 19.8 Å². The Morgan fingerprint density at radius 3 is 2.52 bits per heavy atom. The van der Waals surface area contributed by atoms with Gasteiger partial charge in [-0.1, -0.05) is 42.5 Å². The fourth-order valence-corrected chi connectivity index (χ4v) is 3.81. The molecule has 3 aromatic rings. The van der Waals surface area contributed by atoms with Crippen LogP contribution in [0.25, 0.3) is 0 Å². The number of methoxy groups -OCH3 is 1. The summed E-state index contributed by atoms with van der Waals surface area (Å²) in [6.45, 7) is 2.63. The number of hydrogen-bond acceptors (Lipinski definition) is 3. The molecule has 0 bridgehead atoms. The number of urea groups is 1. The number of hydrogen-bond donors (Lipinski definition) is 2. The topological polar surface area (TPSA) is 70.7 Å². The third kappa shape index (κ3) is 4.53. The molecule has 0 saturated heterocycles. The van der Waals surface area contributed by atoms with Gasteiger partial charge in [0.25, 0.3) is 0 Å². The summed E-state index contributed by atoms with van der Waals surface area (Å²) >= 11 is 0. The van der Waals surface area contributed by atoms with Crippen molar-refractivity contribution in [3.8, 4) is 5.75 Å². The molecular weight excluding hydrogens is 390 g/mol. The molecule has 6 nitrogen and oxygen atoms in total. The van der Waals surface area contributed by atoms with Crippen LogP contribution in [0, 0.1) is 6.92 Å². The van der Waals surface area contributed by atoms with E-state index in [0.29, 0.717) is 18.0 Å². The average Bonchev–Trinajstić information content (AvgIpc) is 3.21. The Labute approximate surface area is 181 Å². The number of ether oxygens (including phenoxy) is 1. The summed E-state index contributed by atoms with van der Waals surface area (Å²) in [5.74, 6) is 0.553. The minimum absolute atomic E-state index is 0.0463. The lowest BCUT2D eigenvalue weighted by molar-refractivity contribution is -0.117. The summed E-state index contributed by atoms with van der Waals surface area (Å²) in [6.07, 6.45) is 1.14. The zero-order valence-electron chi connectivity index (χ0n) is 17.6. The van der Waals surface area contributed by atoms with E-state index in [2.05, 4.69) is 16.7 Å². The van der Waals surface area contributed by atoms with Crippen LogP contribution >= 0.6 is 0 Å². The minimum Gasteiger partial charge on any atom is -0.495 e. The lowest BCUT2D eigenvalue weighted by Gasteiger charge is -2.18. The van der Waals surface area contributed by atoms with E-state index in [1.165, 1.54) is 5.56 Å². The molecular formula is C25H25N3O3. The summed E-state index contributed by atoms with van der Waals surface area (Å²) in [5.41, 5.74) is 5.28. The smallest absolute Gasteiger partial charge is 0.323 e. The maximum atomic E-state index is 12.9. The Kier molecular flexibility index (Phi) is 5.89. The van der Waals surface area contributed by atoms with Crippen LogP contribution in [0.1, 0.15) is 16.7 Å². The van der Waals surface area contributed by atoms with E-state index in [1.54, 1.807) is 19.2 Å². The first-order valence-electron chi connectivity index (χ1n) is 10.2. The van der Waals surface area contributed by atoms with Crippen molar-refractivity contribution in [3.63, 3.8) is 0 Å². The standard InChI is InChI=1S/C25H25N3O3/c1-17-7-3-5-9-20(17)26-25(30)27-21-12-11-18(15-23(21)31-2)16-24(29)28-14-13-19-8-4-6-10-22(19)28/h3-12,15H,13-14,16H2,1-2H3,(H2,26,27,30). The largest absolute Gasteiger partial charge is 0.495 e. The summed E-state index contributed by atoms with van der Waals surface area (Å²) in [5, 5.41) is 5.65. The third-order valence-corrected chi connectivity index (χ3v) is 5.45. The predicted octanol–water partition coefficient (Wildman–Crippen LogP) is 4.78. The van der Waals surface area contributed by atoms with Gasteiger partial charge < -0.3 is 20.3 Å². The molecule has 0 spiro atoms. The zero-order chi connectivity index (χ0) is 21.8. The molecule has 0 aliphatic carbocycles. The number of nitrogens with zero attached hydrogens (tertiary/aromatic N) is 1. The van der Waals surface area contributed by atoms with Crippen LogP contribution in [-0.2, 0) is 17.6 Å². The highest BCUT2D eigenvalue weighted by Crippen LogP contribution is 2.30. The monoisotopic (exact) mass is 415 g/mol. The highest BCUT2D eigenvalue weighted by molar-refractivity contribution is 6.01. The number of amides is 3. The minimum atomic E-state index is -0.356. The highest BCUT2D eigenvalue weighted by atomic mass is 16.5. The maximum Gasteiger partial charge on any atom is 0.323 e. The Bertz CT molecular complexity index is 1130. The molecule has 0 aromatic heterocycles. The molecule has 2 N–H and O–H groups in total. The maximum absolute atomic E-state index is 12.9. The van der Waals surface area contributed by atoms with Crippen molar-refractivity contribution in [2.75, 3.05) is 29.2 Å². The summed E-state index contributed by atoms with van der Waals surface area (Å²) in [4.78, 5) is 27.1. The lowest BCUT2D eigenvalue weighted by atomic mass is 10.1. The first-order valence-corrected chi connectivity index (χ1v) is 10.2. The van der Waals surface area contributed by atoms with Gasteiger partial charge in [-0.05, 0) is 54.3 Å². The number of nitrogens with one attached hydrogen (secondary N) is 2. The second-order valence-corrected chi connectivity index (χ2v) is 7.53. The summed E-state index contributed by atoms with van der Waals surface area (Å²) in [6, 6.07) is 20.6. The summed E-state index contributed by atoms with van der Waals surface area (Å²) < 4.78 is 5.46. The highest BCUT2D eigenvalue weighted by Gasteiger charge is 2.24. The average molecular weight is 415 g/mol. The molecule has 0 unspecified atom stereocenters. The second kappa shape index (κ2) is 8.92. The molecule has 3 aromatic carbocycles. The molecule has 0 fully saturated rings. The van der Waals surface area contributed by atoms with E-state index in [0.717, 1.165) is 28.9 Å². The zero-order valence-corrected chi connectivity index (χ0v) is 17.6. The molecule has 1 aliphatic rings. The van der Waals surface area contributed by atoms with Crippen LogP contribution in [0.3, 0.4) is 0 Å². The van der Waals surface area contributed by atoms with Crippen molar-refractivity contribution in [3.05, 3.63) is 83.4 Å². The van der Waals surface area contributed by atoms with E-state index in [4.69, 9.17) is 4.74 Å². The van der Waals surface area contributed by atoms with Crippen LogP contribution in [0.15, 0.2) is 66.7 Å². The van der Waals surface area contributed by atoms with Gasteiger partial charge in [0.2, 0.25) is 5.91 Å². The number of carbonyl (C=O) groups excluding carboxylic acids is 2. The van der Waals surface area contributed by atoms with Gasteiger partial charge in [0.15, 0.2) is 0 Å². The van der Waals surface area contributed by atoms with Gasteiger partial charge >= 0.3 is 6.03 Å². The van der Waals surface area contributed by atoms with Crippen molar-refractivity contribution in [1.29, 1.82) is 0 Å². The fraction of sp³-hybridized carbons (Fsp3) is 0.200. The molecule has 6 heteroatoms. The van der Waals surface area contributed by atoms with E-state index in [1.807, 2.05) is 60.4 Å². The van der Waals surface area contributed by atoms with Crippen molar-refractivity contribution >= 4 is 29.0 Å². The van der Waals surface area contributed by atoms with Gasteiger partial charge in [-0.15, -0.1) is 0 Å². The molecule has 4 rings (SSSR count). The Morgan fingerprint density at radius 1 is 0.968 bits per heavy atom. The predicted molar refractivity (Wildman–Crippen MR) is 123 cm³/mol. The molecule has 0 radical (unpaired) electrons. The summed E-state index contributed by atoms with van der Waals surface area (Å²) in [7, 11) is 1.54. The molecule has 158 valence electrons. The number of fused-ring (bicyclic) bond motifs is 1. The van der Waals surface area contributed by atoms with Crippen LogP contribution < -0.4 is 20.3 Å². The van der Waals surface area contributed by atoms with Gasteiger partial charge in [-0.2, -0.15) is 0 Å². The quantitative estimate of drug-likeness (QED) is 0.630. The number of para-hydroxylation sites is 2. The SMILES string of the molecule is COc1cc(CC(=O)N2CCc3ccccc32)ccc1NC(=O)Nc1ccccc1C. The van der Waals surface area contributed by atoms with Crippen molar-refractivity contribution in [2.24, 2.45) is 0 Å².